The molecule has 1 saturated heterocycles. The van der Waals surface area contributed by atoms with Crippen molar-refractivity contribution >= 4 is 27.5 Å². The summed E-state index contributed by atoms with van der Waals surface area (Å²) in [6.07, 6.45) is 1.54. The molecule has 0 saturated carbocycles. The lowest BCUT2D eigenvalue weighted by Gasteiger charge is -2.15. The first-order chi connectivity index (χ1) is 7.22. The zero-order chi connectivity index (χ0) is 10.8. The Morgan fingerprint density at radius 3 is 2.80 bits per heavy atom. The van der Waals surface area contributed by atoms with Crippen molar-refractivity contribution in [1.29, 1.82) is 5.26 Å². The summed E-state index contributed by atoms with van der Waals surface area (Å²) in [7, 11) is 0. The zero-order valence-corrected chi connectivity index (χ0v) is 9.62. The molecule has 1 aromatic rings. The highest BCUT2D eigenvalue weighted by Crippen LogP contribution is 2.26. The summed E-state index contributed by atoms with van der Waals surface area (Å²) in [5.74, 6) is 0.159. The summed E-state index contributed by atoms with van der Waals surface area (Å²) in [6, 6.07) is 7.43. The molecule has 0 unspecified atom stereocenters. The van der Waals surface area contributed by atoms with Crippen molar-refractivity contribution in [2.75, 3.05) is 11.4 Å². The van der Waals surface area contributed by atoms with Gasteiger partial charge in [0.2, 0.25) is 5.91 Å². The van der Waals surface area contributed by atoms with Gasteiger partial charge in [-0.15, -0.1) is 0 Å². The average Bonchev–Trinajstić information content (AvgIpc) is 2.64. The number of carbonyl (C=O) groups is 1. The molecule has 3 nitrogen and oxygen atoms in total. The van der Waals surface area contributed by atoms with Crippen LogP contribution in [0, 0.1) is 11.3 Å². The topological polar surface area (TPSA) is 44.1 Å². The number of hydrogen-bond donors (Lipinski definition) is 0. The first kappa shape index (κ1) is 10.2. The van der Waals surface area contributed by atoms with Crippen LogP contribution in [0.25, 0.3) is 0 Å². The van der Waals surface area contributed by atoms with Crippen molar-refractivity contribution < 1.29 is 4.79 Å². The summed E-state index contributed by atoms with van der Waals surface area (Å²) in [5.41, 5.74) is 1.45. The number of anilines is 1. The minimum absolute atomic E-state index is 0.159. The van der Waals surface area contributed by atoms with Crippen LogP contribution in [0.5, 0.6) is 0 Å². The Balaban J connectivity index is 2.34. The summed E-state index contributed by atoms with van der Waals surface area (Å²) in [4.78, 5) is 13.2. The number of carbonyl (C=O) groups excluding carboxylic acids is 1. The Labute approximate surface area is 96.4 Å². The van der Waals surface area contributed by atoms with Crippen molar-refractivity contribution in [1.82, 2.24) is 0 Å². The number of hydrogen-bond acceptors (Lipinski definition) is 2. The standard InChI is InChI=1S/C11H9BrN2O/c12-10-6-9(4-3-8(10)7-13)14-5-1-2-11(14)15/h3-4,6H,1-2,5H2. The monoisotopic (exact) mass is 264 g/mol. The van der Waals surface area contributed by atoms with Crippen LogP contribution in [0.15, 0.2) is 22.7 Å². The first-order valence-electron chi connectivity index (χ1n) is 4.72. The van der Waals surface area contributed by atoms with E-state index in [9.17, 15) is 4.79 Å². The molecular formula is C11H9BrN2O. The number of nitrogens with zero attached hydrogens (tertiary/aromatic N) is 2. The summed E-state index contributed by atoms with van der Waals surface area (Å²) >= 11 is 3.31. The number of nitriles is 1. The maximum absolute atomic E-state index is 11.5. The summed E-state index contributed by atoms with van der Waals surface area (Å²) in [5, 5.41) is 8.77. The first-order valence-corrected chi connectivity index (χ1v) is 5.51. The molecule has 1 aliphatic rings. The van der Waals surface area contributed by atoms with Crippen LogP contribution >= 0.6 is 15.9 Å². The predicted octanol–water partition coefficient (Wildman–Crippen LogP) is 2.45. The molecule has 0 bridgehead atoms. The van der Waals surface area contributed by atoms with Crippen molar-refractivity contribution in [3.63, 3.8) is 0 Å². The van der Waals surface area contributed by atoms with Gasteiger partial charge >= 0.3 is 0 Å². The molecule has 0 radical (unpaired) electrons. The zero-order valence-electron chi connectivity index (χ0n) is 8.03. The van der Waals surface area contributed by atoms with Gasteiger partial charge in [0.25, 0.3) is 0 Å². The van der Waals surface area contributed by atoms with Crippen molar-refractivity contribution in [3.8, 4) is 6.07 Å². The predicted molar refractivity (Wildman–Crippen MR) is 60.4 cm³/mol. The van der Waals surface area contributed by atoms with Crippen LogP contribution < -0.4 is 4.90 Å². The third-order valence-electron chi connectivity index (χ3n) is 2.46. The molecule has 1 heterocycles. The van der Waals surface area contributed by atoms with Gasteiger partial charge in [0.1, 0.15) is 6.07 Å². The molecule has 0 N–H and O–H groups in total. The minimum Gasteiger partial charge on any atom is -0.312 e. The van der Waals surface area contributed by atoms with Crippen LogP contribution in [0.3, 0.4) is 0 Å². The highest BCUT2D eigenvalue weighted by Gasteiger charge is 2.21. The van der Waals surface area contributed by atoms with E-state index in [-0.39, 0.29) is 5.91 Å². The Morgan fingerprint density at radius 2 is 2.27 bits per heavy atom. The molecule has 1 amide bonds. The molecular weight excluding hydrogens is 256 g/mol. The normalized spacial score (nSPS) is 15.5. The average molecular weight is 265 g/mol. The fourth-order valence-electron chi connectivity index (χ4n) is 1.68. The van der Waals surface area contributed by atoms with Gasteiger partial charge in [-0.2, -0.15) is 5.26 Å². The third kappa shape index (κ3) is 1.88. The van der Waals surface area contributed by atoms with Crippen LogP contribution in [0.4, 0.5) is 5.69 Å². The quantitative estimate of drug-likeness (QED) is 0.782. The Hall–Kier alpha value is -1.34. The molecule has 1 fully saturated rings. The van der Waals surface area contributed by atoms with Gasteiger partial charge in [-0.1, -0.05) is 0 Å². The fraction of sp³-hybridized carbons (Fsp3) is 0.273. The van der Waals surface area contributed by atoms with Gasteiger partial charge in [0.05, 0.1) is 5.56 Å². The SMILES string of the molecule is N#Cc1ccc(N2CCCC2=O)cc1Br. The van der Waals surface area contributed by atoms with E-state index in [2.05, 4.69) is 22.0 Å². The van der Waals surface area contributed by atoms with Gasteiger partial charge in [0.15, 0.2) is 0 Å². The Morgan fingerprint density at radius 1 is 1.47 bits per heavy atom. The number of halogens is 1. The van der Waals surface area contributed by atoms with Gasteiger partial charge in [-0.3, -0.25) is 4.79 Å². The van der Waals surface area contributed by atoms with E-state index >= 15 is 0 Å². The van der Waals surface area contributed by atoms with Crippen LogP contribution in [0.2, 0.25) is 0 Å². The molecule has 0 aliphatic carbocycles. The van der Waals surface area contributed by atoms with E-state index in [1.807, 2.05) is 12.1 Å². The number of rotatable bonds is 1. The van der Waals surface area contributed by atoms with Crippen LogP contribution in [-0.2, 0) is 4.79 Å². The number of amides is 1. The molecule has 0 atom stereocenters. The molecule has 0 aromatic heterocycles. The molecule has 76 valence electrons. The molecule has 0 spiro atoms. The van der Waals surface area contributed by atoms with Gasteiger partial charge in [-0.25, -0.2) is 0 Å². The van der Waals surface area contributed by atoms with E-state index in [4.69, 9.17) is 5.26 Å². The Kier molecular flexibility index (Phi) is 2.74. The maximum Gasteiger partial charge on any atom is 0.227 e. The highest BCUT2D eigenvalue weighted by molar-refractivity contribution is 9.10. The molecule has 1 aromatic carbocycles. The summed E-state index contributed by atoms with van der Waals surface area (Å²) in [6.45, 7) is 0.775. The van der Waals surface area contributed by atoms with E-state index in [0.29, 0.717) is 12.0 Å². The second-order valence-electron chi connectivity index (χ2n) is 3.42. The Bertz CT molecular complexity index is 450. The van der Waals surface area contributed by atoms with E-state index in [1.54, 1.807) is 11.0 Å². The molecule has 2 rings (SSSR count). The molecule has 4 heteroatoms. The maximum atomic E-state index is 11.5. The van der Waals surface area contributed by atoms with Gasteiger partial charge in [-0.05, 0) is 40.5 Å². The van der Waals surface area contributed by atoms with E-state index in [0.717, 1.165) is 23.1 Å². The highest BCUT2D eigenvalue weighted by atomic mass is 79.9. The largest absolute Gasteiger partial charge is 0.312 e. The van der Waals surface area contributed by atoms with Crippen molar-refractivity contribution in [2.45, 2.75) is 12.8 Å². The third-order valence-corrected chi connectivity index (χ3v) is 3.11. The fourth-order valence-corrected chi connectivity index (χ4v) is 2.14. The number of benzene rings is 1. The van der Waals surface area contributed by atoms with Crippen LogP contribution in [-0.4, -0.2) is 12.5 Å². The lowest BCUT2D eigenvalue weighted by atomic mass is 10.2. The van der Waals surface area contributed by atoms with Crippen molar-refractivity contribution in [2.24, 2.45) is 0 Å². The lowest BCUT2D eigenvalue weighted by molar-refractivity contribution is -0.117. The van der Waals surface area contributed by atoms with Gasteiger partial charge < -0.3 is 4.90 Å². The van der Waals surface area contributed by atoms with Gasteiger partial charge in [0, 0.05) is 23.1 Å². The van der Waals surface area contributed by atoms with E-state index in [1.165, 1.54) is 0 Å². The lowest BCUT2D eigenvalue weighted by Crippen LogP contribution is -2.23. The minimum atomic E-state index is 0.159. The smallest absolute Gasteiger partial charge is 0.227 e. The summed E-state index contributed by atoms with van der Waals surface area (Å²) < 4.78 is 0.738. The van der Waals surface area contributed by atoms with Crippen molar-refractivity contribution in [3.05, 3.63) is 28.2 Å². The molecule has 15 heavy (non-hydrogen) atoms. The van der Waals surface area contributed by atoms with E-state index < -0.39 is 0 Å². The second-order valence-corrected chi connectivity index (χ2v) is 4.28. The second kappa shape index (κ2) is 4.03. The van der Waals surface area contributed by atoms with Crippen LogP contribution in [0.1, 0.15) is 18.4 Å². The molecule has 1 aliphatic heterocycles.